The Balaban J connectivity index is 2.02. The summed E-state index contributed by atoms with van der Waals surface area (Å²) >= 11 is 0. The fourth-order valence-electron chi connectivity index (χ4n) is 3.85. The number of hydrogen-bond acceptors (Lipinski definition) is 4. The second kappa shape index (κ2) is 6.71. The summed E-state index contributed by atoms with van der Waals surface area (Å²) in [5.74, 6) is 1.000. The Labute approximate surface area is 116 Å². The summed E-state index contributed by atoms with van der Waals surface area (Å²) in [6.45, 7) is 4.81. The molecule has 4 unspecified atom stereocenters. The zero-order chi connectivity index (χ0) is 13.8. The van der Waals surface area contributed by atoms with E-state index in [2.05, 4.69) is 11.8 Å². The number of likely N-dealkylation sites (tertiary alicyclic amines) is 1. The Morgan fingerprint density at radius 3 is 2.68 bits per heavy atom. The largest absolute Gasteiger partial charge is 0.469 e. The normalized spacial score (nSPS) is 37.0. The van der Waals surface area contributed by atoms with E-state index >= 15 is 0 Å². The topological polar surface area (TPSA) is 55.6 Å². The van der Waals surface area contributed by atoms with Crippen LogP contribution in [0.4, 0.5) is 0 Å². The second-order valence-electron chi connectivity index (χ2n) is 6.26. The SMILES string of the molecule is COC(=O)C1CN(C2CCCCCC2CN)CC1C. The Kier molecular flexibility index (Phi) is 5.22. The highest BCUT2D eigenvalue weighted by Crippen LogP contribution is 2.33. The van der Waals surface area contributed by atoms with Gasteiger partial charge >= 0.3 is 5.97 Å². The van der Waals surface area contributed by atoms with Crippen LogP contribution in [0.1, 0.15) is 39.0 Å². The van der Waals surface area contributed by atoms with Gasteiger partial charge in [-0.15, -0.1) is 0 Å². The van der Waals surface area contributed by atoms with Gasteiger partial charge in [0.2, 0.25) is 0 Å². The first-order chi connectivity index (χ1) is 9.17. The molecule has 0 spiro atoms. The molecule has 19 heavy (non-hydrogen) atoms. The van der Waals surface area contributed by atoms with Crippen molar-refractivity contribution in [3.05, 3.63) is 0 Å². The number of rotatable bonds is 3. The summed E-state index contributed by atoms with van der Waals surface area (Å²) in [7, 11) is 1.49. The molecule has 1 heterocycles. The van der Waals surface area contributed by atoms with Crippen molar-refractivity contribution >= 4 is 5.97 Å². The van der Waals surface area contributed by atoms with Crippen LogP contribution in [0.2, 0.25) is 0 Å². The maximum Gasteiger partial charge on any atom is 0.310 e. The molecule has 4 atom stereocenters. The molecule has 0 aromatic heterocycles. The van der Waals surface area contributed by atoms with Crippen molar-refractivity contribution in [3.8, 4) is 0 Å². The molecular weight excluding hydrogens is 240 g/mol. The average Bonchev–Trinajstić information content (AvgIpc) is 2.65. The van der Waals surface area contributed by atoms with Crippen molar-refractivity contribution in [2.24, 2.45) is 23.5 Å². The van der Waals surface area contributed by atoms with E-state index in [9.17, 15) is 4.79 Å². The van der Waals surface area contributed by atoms with Crippen LogP contribution in [0.15, 0.2) is 0 Å². The molecule has 0 aromatic rings. The van der Waals surface area contributed by atoms with Gasteiger partial charge in [0.15, 0.2) is 0 Å². The van der Waals surface area contributed by atoms with Crippen LogP contribution in [0.5, 0.6) is 0 Å². The van der Waals surface area contributed by atoms with Gasteiger partial charge in [-0.2, -0.15) is 0 Å². The van der Waals surface area contributed by atoms with Gasteiger partial charge in [0.05, 0.1) is 13.0 Å². The molecule has 110 valence electrons. The van der Waals surface area contributed by atoms with E-state index in [1.165, 1.54) is 39.2 Å². The molecule has 1 saturated carbocycles. The van der Waals surface area contributed by atoms with E-state index in [0.717, 1.165) is 19.6 Å². The lowest BCUT2D eigenvalue weighted by molar-refractivity contribution is -0.146. The highest BCUT2D eigenvalue weighted by molar-refractivity contribution is 5.73. The highest BCUT2D eigenvalue weighted by Gasteiger charge is 2.40. The van der Waals surface area contributed by atoms with E-state index in [-0.39, 0.29) is 11.9 Å². The monoisotopic (exact) mass is 268 g/mol. The van der Waals surface area contributed by atoms with Gasteiger partial charge < -0.3 is 10.5 Å². The predicted molar refractivity (Wildman–Crippen MR) is 75.7 cm³/mol. The average molecular weight is 268 g/mol. The zero-order valence-corrected chi connectivity index (χ0v) is 12.3. The lowest BCUT2D eigenvalue weighted by Gasteiger charge is -2.33. The van der Waals surface area contributed by atoms with E-state index < -0.39 is 0 Å². The van der Waals surface area contributed by atoms with Gasteiger partial charge in [-0.25, -0.2) is 0 Å². The van der Waals surface area contributed by atoms with Crippen molar-refractivity contribution in [3.63, 3.8) is 0 Å². The van der Waals surface area contributed by atoms with Crippen LogP contribution in [-0.4, -0.2) is 43.7 Å². The Morgan fingerprint density at radius 2 is 2.00 bits per heavy atom. The van der Waals surface area contributed by atoms with Gasteiger partial charge in [-0.3, -0.25) is 9.69 Å². The molecule has 0 bridgehead atoms. The summed E-state index contributed by atoms with van der Waals surface area (Å²) in [4.78, 5) is 14.3. The lowest BCUT2D eigenvalue weighted by atomic mass is 9.93. The molecule has 1 saturated heterocycles. The fourth-order valence-corrected chi connectivity index (χ4v) is 3.85. The first kappa shape index (κ1) is 14.8. The number of carbonyl (C=O) groups excluding carboxylic acids is 1. The smallest absolute Gasteiger partial charge is 0.310 e. The molecular formula is C15H28N2O2. The minimum absolute atomic E-state index is 0.0478. The van der Waals surface area contributed by atoms with Gasteiger partial charge in [0.1, 0.15) is 0 Å². The van der Waals surface area contributed by atoms with Crippen LogP contribution in [0, 0.1) is 17.8 Å². The molecule has 2 rings (SSSR count). The van der Waals surface area contributed by atoms with Gasteiger partial charge in [0.25, 0.3) is 0 Å². The number of carbonyl (C=O) groups is 1. The van der Waals surface area contributed by atoms with Crippen LogP contribution in [0.3, 0.4) is 0 Å². The molecule has 1 aliphatic heterocycles. The molecule has 0 radical (unpaired) electrons. The van der Waals surface area contributed by atoms with Crippen molar-refractivity contribution in [2.45, 2.75) is 45.1 Å². The van der Waals surface area contributed by atoms with Gasteiger partial charge in [-0.1, -0.05) is 26.2 Å². The van der Waals surface area contributed by atoms with E-state index in [4.69, 9.17) is 10.5 Å². The third kappa shape index (κ3) is 3.29. The van der Waals surface area contributed by atoms with Crippen LogP contribution in [-0.2, 0) is 9.53 Å². The lowest BCUT2D eigenvalue weighted by Crippen LogP contribution is -2.42. The summed E-state index contributed by atoms with van der Waals surface area (Å²) in [6.07, 6.45) is 6.42. The van der Waals surface area contributed by atoms with Gasteiger partial charge in [0, 0.05) is 19.1 Å². The van der Waals surface area contributed by atoms with Gasteiger partial charge in [-0.05, 0) is 31.2 Å². The second-order valence-corrected chi connectivity index (χ2v) is 6.26. The van der Waals surface area contributed by atoms with Crippen LogP contribution < -0.4 is 5.73 Å². The van der Waals surface area contributed by atoms with Crippen molar-refractivity contribution in [1.82, 2.24) is 4.90 Å². The van der Waals surface area contributed by atoms with Crippen molar-refractivity contribution in [2.75, 3.05) is 26.7 Å². The predicted octanol–water partition coefficient (Wildman–Crippen LogP) is 1.63. The third-order valence-electron chi connectivity index (χ3n) is 5.04. The van der Waals surface area contributed by atoms with Crippen molar-refractivity contribution in [1.29, 1.82) is 0 Å². The Bertz CT molecular complexity index is 309. The number of esters is 1. The molecule has 2 aliphatic rings. The molecule has 0 amide bonds. The van der Waals surface area contributed by atoms with E-state index in [1.807, 2.05) is 0 Å². The molecule has 2 N–H and O–H groups in total. The maximum atomic E-state index is 11.8. The summed E-state index contributed by atoms with van der Waals surface area (Å²) < 4.78 is 4.93. The third-order valence-corrected chi connectivity index (χ3v) is 5.04. The Morgan fingerprint density at radius 1 is 1.26 bits per heavy atom. The molecule has 1 aliphatic carbocycles. The number of methoxy groups -OCH3 is 1. The van der Waals surface area contributed by atoms with Crippen LogP contribution in [0.25, 0.3) is 0 Å². The molecule has 4 nitrogen and oxygen atoms in total. The summed E-state index contributed by atoms with van der Waals surface area (Å²) in [5, 5.41) is 0. The first-order valence-corrected chi connectivity index (χ1v) is 7.69. The highest BCUT2D eigenvalue weighted by atomic mass is 16.5. The minimum atomic E-state index is -0.0482. The van der Waals surface area contributed by atoms with E-state index in [1.54, 1.807) is 0 Å². The van der Waals surface area contributed by atoms with Crippen molar-refractivity contribution < 1.29 is 9.53 Å². The molecule has 2 fully saturated rings. The quantitative estimate of drug-likeness (QED) is 0.624. The summed E-state index contributed by atoms with van der Waals surface area (Å²) in [6, 6.07) is 0.574. The fraction of sp³-hybridized carbons (Fsp3) is 0.933. The number of hydrogen-bond donors (Lipinski definition) is 1. The number of nitrogens with zero attached hydrogens (tertiary/aromatic N) is 1. The first-order valence-electron chi connectivity index (χ1n) is 7.69. The molecule has 4 heteroatoms. The number of ether oxygens (including phenoxy) is 1. The van der Waals surface area contributed by atoms with Crippen LogP contribution >= 0.6 is 0 Å². The number of nitrogens with two attached hydrogens (primary N) is 1. The molecule has 0 aromatic carbocycles. The minimum Gasteiger partial charge on any atom is -0.469 e. The van der Waals surface area contributed by atoms with E-state index in [0.29, 0.717) is 17.9 Å². The standard InChI is InChI=1S/C15H28N2O2/c1-11-9-17(10-13(11)15(18)19-2)14-7-5-3-4-6-12(14)8-16/h11-14H,3-10,16H2,1-2H3. The zero-order valence-electron chi connectivity index (χ0n) is 12.3. The Hall–Kier alpha value is -0.610. The summed E-state index contributed by atoms with van der Waals surface area (Å²) in [5.41, 5.74) is 5.97. The maximum absolute atomic E-state index is 11.8.